The van der Waals surface area contributed by atoms with Gasteiger partial charge in [0.25, 0.3) is 0 Å². The minimum Gasteiger partial charge on any atom is -0.398 e. The van der Waals surface area contributed by atoms with Gasteiger partial charge in [-0.15, -0.1) is 12.3 Å². The van der Waals surface area contributed by atoms with Crippen LogP contribution in [0.5, 0.6) is 0 Å². The second-order valence-electron chi connectivity index (χ2n) is 3.47. The highest BCUT2D eigenvalue weighted by Gasteiger charge is 2.15. The van der Waals surface area contributed by atoms with Crippen LogP contribution < -0.4 is 10.5 Å². The first-order chi connectivity index (χ1) is 7.88. The number of terminal acetylenes is 1. The predicted octanol–water partition coefficient (Wildman–Crippen LogP) is 1.53. The molecule has 0 atom stereocenters. The number of nitrogen functional groups attached to an aromatic ring is 1. The second-order valence-corrected chi connectivity index (χ2v) is 5.65. The Morgan fingerprint density at radius 3 is 2.71 bits per heavy atom. The first-order valence-electron chi connectivity index (χ1n) is 4.87. The topological polar surface area (TPSA) is 72.2 Å². The monoisotopic (exact) mass is 272 g/mol. The summed E-state index contributed by atoms with van der Waals surface area (Å²) in [7, 11) is -3.60. The molecule has 92 valence electrons. The molecular weight excluding hydrogens is 260 g/mol. The van der Waals surface area contributed by atoms with Gasteiger partial charge in [-0.05, 0) is 24.6 Å². The fourth-order valence-corrected chi connectivity index (χ4v) is 2.55. The van der Waals surface area contributed by atoms with Gasteiger partial charge < -0.3 is 5.73 Å². The smallest absolute Gasteiger partial charge is 0.240 e. The maximum Gasteiger partial charge on any atom is 0.240 e. The molecule has 1 aromatic rings. The zero-order valence-electron chi connectivity index (χ0n) is 9.33. The van der Waals surface area contributed by atoms with E-state index in [1.165, 1.54) is 12.1 Å². The summed E-state index contributed by atoms with van der Waals surface area (Å²) in [6.07, 6.45) is 5.37. The Bertz CT molecular complexity index is 538. The van der Waals surface area contributed by atoms with Crippen LogP contribution in [0, 0.1) is 19.3 Å². The average molecular weight is 273 g/mol. The molecule has 17 heavy (non-hydrogen) atoms. The summed E-state index contributed by atoms with van der Waals surface area (Å²) >= 11 is 5.88. The van der Waals surface area contributed by atoms with Crippen molar-refractivity contribution in [1.82, 2.24) is 4.72 Å². The second kappa shape index (κ2) is 5.41. The van der Waals surface area contributed by atoms with Crippen molar-refractivity contribution in [2.24, 2.45) is 0 Å². The Balaban J connectivity index is 3.04. The van der Waals surface area contributed by atoms with Crippen molar-refractivity contribution in [3.63, 3.8) is 0 Å². The zero-order valence-corrected chi connectivity index (χ0v) is 10.9. The Hall–Kier alpha value is -1.22. The minimum atomic E-state index is -3.60. The van der Waals surface area contributed by atoms with E-state index in [-0.39, 0.29) is 11.4 Å². The van der Waals surface area contributed by atoms with Crippen LogP contribution in [0.1, 0.15) is 12.0 Å². The Morgan fingerprint density at radius 2 is 2.18 bits per heavy atom. The number of rotatable bonds is 4. The van der Waals surface area contributed by atoms with Crippen LogP contribution >= 0.6 is 11.6 Å². The summed E-state index contributed by atoms with van der Waals surface area (Å²) in [6, 6.07) is 2.74. The first kappa shape index (κ1) is 13.8. The number of anilines is 1. The van der Waals surface area contributed by atoms with Crippen LogP contribution in [0.3, 0.4) is 0 Å². The molecule has 0 aromatic heterocycles. The van der Waals surface area contributed by atoms with Gasteiger partial charge in [-0.3, -0.25) is 0 Å². The molecule has 0 fully saturated rings. The highest BCUT2D eigenvalue weighted by molar-refractivity contribution is 7.89. The SMILES string of the molecule is C#CCCNS(=O)(=O)c1cc(N)c(C)c(Cl)c1. The minimum absolute atomic E-state index is 0.0441. The van der Waals surface area contributed by atoms with Crippen molar-refractivity contribution in [2.75, 3.05) is 12.3 Å². The van der Waals surface area contributed by atoms with Crippen molar-refractivity contribution in [3.8, 4) is 12.3 Å². The standard InChI is InChI=1S/C11H13ClN2O2S/c1-3-4-5-14-17(15,16)9-6-10(12)8(2)11(13)7-9/h1,6-7,14H,4-5,13H2,2H3. The molecule has 3 N–H and O–H groups in total. The van der Waals surface area contributed by atoms with Gasteiger partial charge in [-0.25, -0.2) is 13.1 Å². The third-order valence-electron chi connectivity index (χ3n) is 2.23. The molecule has 0 aliphatic heterocycles. The van der Waals surface area contributed by atoms with Gasteiger partial charge in [-0.2, -0.15) is 0 Å². The van der Waals surface area contributed by atoms with Gasteiger partial charge in [0.2, 0.25) is 10.0 Å². The molecular formula is C11H13ClN2O2S. The highest BCUT2D eigenvalue weighted by atomic mass is 35.5. The maximum atomic E-state index is 11.8. The van der Waals surface area contributed by atoms with Crippen molar-refractivity contribution in [2.45, 2.75) is 18.2 Å². The van der Waals surface area contributed by atoms with Gasteiger partial charge >= 0.3 is 0 Å². The molecule has 0 amide bonds. The highest BCUT2D eigenvalue weighted by Crippen LogP contribution is 2.25. The van der Waals surface area contributed by atoms with E-state index < -0.39 is 10.0 Å². The Morgan fingerprint density at radius 1 is 1.53 bits per heavy atom. The number of hydrogen-bond acceptors (Lipinski definition) is 3. The van der Waals surface area contributed by atoms with E-state index in [0.29, 0.717) is 22.7 Å². The number of hydrogen-bond donors (Lipinski definition) is 2. The predicted molar refractivity (Wildman–Crippen MR) is 69.2 cm³/mol. The molecule has 0 bridgehead atoms. The van der Waals surface area contributed by atoms with E-state index >= 15 is 0 Å². The number of nitrogens with two attached hydrogens (primary N) is 1. The summed E-state index contributed by atoms with van der Waals surface area (Å²) in [4.78, 5) is 0.0441. The third-order valence-corrected chi connectivity index (χ3v) is 4.06. The molecule has 0 unspecified atom stereocenters. The number of nitrogens with one attached hydrogen (secondary N) is 1. The van der Waals surface area contributed by atoms with E-state index in [1.54, 1.807) is 6.92 Å². The lowest BCUT2D eigenvalue weighted by molar-refractivity contribution is 0.582. The summed E-state index contributed by atoms with van der Waals surface area (Å²) in [5.74, 6) is 2.35. The van der Waals surface area contributed by atoms with Crippen LogP contribution in [-0.4, -0.2) is 15.0 Å². The van der Waals surface area contributed by atoms with Gasteiger partial charge in [0, 0.05) is 23.7 Å². The molecule has 0 saturated heterocycles. The lowest BCUT2D eigenvalue weighted by Gasteiger charge is -2.09. The van der Waals surface area contributed by atoms with E-state index in [2.05, 4.69) is 10.6 Å². The molecule has 0 aliphatic rings. The largest absolute Gasteiger partial charge is 0.398 e. The summed E-state index contributed by atoms with van der Waals surface area (Å²) in [6.45, 7) is 1.91. The van der Waals surface area contributed by atoms with Crippen LogP contribution in [0.2, 0.25) is 5.02 Å². The molecule has 0 saturated carbocycles. The van der Waals surface area contributed by atoms with E-state index in [1.807, 2.05) is 0 Å². The van der Waals surface area contributed by atoms with Gasteiger partial charge in [-0.1, -0.05) is 11.6 Å². The summed E-state index contributed by atoms with van der Waals surface area (Å²) < 4.78 is 26.0. The maximum absolute atomic E-state index is 11.8. The van der Waals surface area contributed by atoms with Crippen molar-refractivity contribution >= 4 is 27.3 Å². The average Bonchev–Trinajstić information content (AvgIpc) is 2.25. The van der Waals surface area contributed by atoms with Crippen LogP contribution in [-0.2, 0) is 10.0 Å². The number of benzene rings is 1. The Labute approximate surface area is 106 Å². The third kappa shape index (κ3) is 3.37. The van der Waals surface area contributed by atoms with E-state index in [9.17, 15) is 8.42 Å². The zero-order chi connectivity index (χ0) is 13.1. The van der Waals surface area contributed by atoms with Gasteiger partial charge in [0.1, 0.15) is 0 Å². The molecule has 6 heteroatoms. The van der Waals surface area contributed by atoms with E-state index in [0.717, 1.165) is 0 Å². The quantitative estimate of drug-likeness (QED) is 0.496. The number of sulfonamides is 1. The van der Waals surface area contributed by atoms with E-state index in [4.69, 9.17) is 23.8 Å². The lowest BCUT2D eigenvalue weighted by Crippen LogP contribution is -2.24. The van der Waals surface area contributed by atoms with Gasteiger partial charge in [0.05, 0.1) is 4.90 Å². The van der Waals surface area contributed by atoms with Crippen LogP contribution in [0.25, 0.3) is 0 Å². The molecule has 0 radical (unpaired) electrons. The molecule has 1 rings (SSSR count). The molecule has 4 nitrogen and oxygen atoms in total. The first-order valence-corrected chi connectivity index (χ1v) is 6.73. The normalized spacial score (nSPS) is 11.1. The molecule has 0 aliphatic carbocycles. The summed E-state index contributed by atoms with van der Waals surface area (Å²) in [5, 5.41) is 0.322. The molecule has 0 heterocycles. The van der Waals surface area contributed by atoms with Crippen LogP contribution in [0.15, 0.2) is 17.0 Å². The molecule has 1 aromatic carbocycles. The fourth-order valence-electron chi connectivity index (χ4n) is 1.17. The van der Waals surface area contributed by atoms with Crippen LogP contribution in [0.4, 0.5) is 5.69 Å². The fraction of sp³-hybridized carbons (Fsp3) is 0.273. The van der Waals surface area contributed by atoms with Crippen molar-refractivity contribution < 1.29 is 8.42 Å². The van der Waals surface area contributed by atoms with Crippen molar-refractivity contribution in [3.05, 3.63) is 22.7 Å². The Kier molecular flexibility index (Phi) is 4.40. The van der Waals surface area contributed by atoms with Gasteiger partial charge in [0.15, 0.2) is 0 Å². The molecule has 0 spiro atoms. The number of halogens is 1. The summed E-state index contributed by atoms with van der Waals surface area (Å²) in [5.41, 5.74) is 6.67. The van der Waals surface area contributed by atoms with Crippen molar-refractivity contribution in [1.29, 1.82) is 0 Å². The lowest BCUT2D eigenvalue weighted by atomic mass is 10.2.